The molecule has 12 nitrogen and oxygen atoms in total. The van der Waals surface area contributed by atoms with Gasteiger partial charge in [-0.05, 0) is 16.0 Å². The van der Waals surface area contributed by atoms with Gasteiger partial charge in [-0.3, -0.25) is 4.79 Å². The molecule has 3 heterocycles. The molecule has 37 heavy (non-hydrogen) atoms. The van der Waals surface area contributed by atoms with Gasteiger partial charge in [0.15, 0.2) is 11.9 Å². The highest BCUT2D eigenvalue weighted by molar-refractivity contribution is 5.82. The monoisotopic (exact) mass is 512 g/mol. The number of carbonyl (C=O) groups excluding carboxylic acids is 1. The number of amides is 1. The van der Waals surface area contributed by atoms with E-state index in [1.54, 1.807) is 18.2 Å². The summed E-state index contributed by atoms with van der Waals surface area (Å²) >= 11 is 0. The van der Waals surface area contributed by atoms with Crippen molar-refractivity contribution in [2.75, 3.05) is 0 Å². The zero-order valence-electron chi connectivity index (χ0n) is 18.5. The van der Waals surface area contributed by atoms with E-state index in [9.17, 15) is 23.1 Å². The van der Waals surface area contributed by atoms with Crippen molar-refractivity contribution >= 4 is 5.91 Å². The summed E-state index contributed by atoms with van der Waals surface area (Å²) in [5, 5.41) is 32.9. The van der Waals surface area contributed by atoms with Crippen LogP contribution in [0, 0.1) is 0 Å². The molecule has 0 spiro atoms. The summed E-state index contributed by atoms with van der Waals surface area (Å²) in [5.74, 6) is -1.65. The Bertz CT molecular complexity index is 1500. The number of carbonyl (C=O) groups is 1. The molecule has 0 aliphatic rings. The van der Waals surface area contributed by atoms with Gasteiger partial charge in [-0.25, -0.2) is 5.10 Å². The van der Waals surface area contributed by atoms with Crippen LogP contribution in [-0.4, -0.2) is 46.9 Å². The van der Waals surface area contributed by atoms with E-state index in [2.05, 4.69) is 41.2 Å². The molecule has 0 bridgehead atoms. The van der Waals surface area contributed by atoms with E-state index in [4.69, 9.17) is 9.05 Å². The van der Waals surface area contributed by atoms with Crippen LogP contribution >= 0.6 is 0 Å². The second-order valence-electron chi connectivity index (χ2n) is 7.61. The molecule has 5 aromatic rings. The van der Waals surface area contributed by atoms with Crippen molar-refractivity contribution in [3.8, 4) is 34.3 Å². The van der Waals surface area contributed by atoms with Crippen molar-refractivity contribution in [3.05, 3.63) is 71.5 Å². The van der Waals surface area contributed by atoms with Gasteiger partial charge in [-0.2, -0.15) is 18.2 Å². The second kappa shape index (κ2) is 9.62. The molecule has 15 heteroatoms. The first-order chi connectivity index (χ1) is 17.8. The van der Waals surface area contributed by atoms with E-state index in [1.807, 2.05) is 0 Å². The van der Waals surface area contributed by atoms with Crippen LogP contribution in [0.1, 0.15) is 23.1 Å². The molecular formula is C22H15F3N8O4. The Balaban J connectivity index is 1.36. The van der Waals surface area contributed by atoms with Crippen LogP contribution in [-0.2, 0) is 17.5 Å². The van der Waals surface area contributed by atoms with E-state index in [1.165, 1.54) is 36.4 Å². The van der Waals surface area contributed by atoms with Crippen LogP contribution in [0.5, 0.6) is 0 Å². The molecule has 188 valence electrons. The van der Waals surface area contributed by atoms with Crippen molar-refractivity contribution in [1.82, 2.24) is 41.2 Å². The fraction of sp³-hybridized carbons (Fsp3) is 0.136. The first-order valence-corrected chi connectivity index (χ1v) is 10.6. The van der Waals surface area contributed by atoms with Gasteiger partial charge in [0.2, 0.25) is 11.6 Å². The second-order valence-corrected chi connectivity index (χ2v) is 7.61. The fourth-order valence-corrected chi connectivity index (χ4v) is 3.41. The molecule has 5 rings (SSSR count). The van der Waals surface area contributed by atoms with Crippen LogP contribution in [0.2, 0.25) is 0 Å². The lowest BCUT2D eigenvalue weighted by atomic mass is 10.1. The van der Waals surface area contributed by atoms with Crippen LogP contribution in [0.4, 0.5) is 13.2 Å². The van der Waals surface area contributed by atoms with Gasteiger partial charge in [0.1, 0.15) is 11.3 Å². The lowest BCUT2D eigenvalue weighted by Gasteiger charge is -2.11. The maximum absolute atomic E-state index is 13.9. The standard InChI is InChI=1S/C22H15F3N8O4/c23-22(24,25)15-16(11-4-2-1-3-5-11)30-36-18(15)21-27-19(31-37-21)13-8-6-12(7-9-13)17(34)20(35)26-10-14-28-32-33-29-14/h1-9,17,34H,10H2,(H,26,35)(H,28,29,32,33). The molecule has 1 amide bonds. The minimum atomic E-state index is -4.81. The third kappa shape index (κ3) is 4.92. The molecule has 3 N–H and O–H groups in total. The highest BCUT2D eigenvalue weighted by Crippen LogP contribution is 2.43. The average molecular weight is 512 g/mol. The molecule has 1 atom stereocenters. The number of halogens is 3. The summed E-state index contributed by atoms with van der Waals surface area (Å²) in [4.78, 5) is 16.2. The summed E-state index contributed by atoms with van der Waals surface area (Å²) < 4.78 is 51.7. The Morgan fingerprint density at radius 2 is 1.78 bits per heavy atom. The van der Waals surface area contributed by atoms with Crippen molar-refractivity contribution in [3.63, 3.8) is 0 Å². The van der Waals surface area contributed by atoms with Gasteiger partial charge < -0.3 is 19.5 Å². The zero-order chi connectivity index (χ0) is 26.0. The largest absolute Gasteiger partial charge is 0.422 e. The van der Waals surface area contributed by atoms with Crippen LogP contribution in [0.25, 0.3) is 34.3 Å². The SMILES string of the molecule is O=C(NCc1nnn[nH]1)C(O)c1ccc(-c2noc(-c3onc(-c4ccccc4)c3C(F)(F)F)n2)cc1. The summed E-state index contributed by atoms with van der Waals surface area (Å²) in [5.41, 5.74) is -0.725. The molecule has 0 saturated carbocycles. The topological polar surface area (TPSA) is 169 Å². The number of nitrogens with one attached hydrogen (secondary N) is 2. The number of tetrazole rings is 1. The van der Waals surface area contributed by atoms with Crippen LogP contribution in [0.3, 0.4) is 0 Å². The smallest absolute Gasteiger partial charge is 0.378 e. The minimum Gasteiger partial charge on any atom is -0.378 e. The lowest BCUT2D eigenvalue weighted by molar-refractivity contribution is -0.137. The van der Waals surface area contributed by atoms with Gasteiger partial charge >= 0.3 is 6.18 Å². The first kappa shape index (κ1) is 23.8. The molecular weight excluding hydrogens is 497 g/mol. The lowest BCUT2D eigenvalue weighted by Crippen LogP contribution is -2.29. The highest BCUT2D eigenvalue weighted by atomic mass is 19.4. The average Bonchev–Trinajstić information content (AvgIpc) is 3.67. The van der Waals surface area contributed by atoms with E-state index in [0.717, 1.165) is 0 Å². The first-order valence-electron chi connectivity index (χ1n) is 10.6. The number of hydrogen-bond donors (Lipinski definition) is 3. The molecule has 0 fully saturated rings. The Morgan fingerprint density at radius 3 is 2.46 bits per heavy atom. The van der Waals surface area contributed by atoms with Gasteiger partial charge in [-0.1, -0.05) is 64.9 Å². The molecule has 3 aromatic heterocycles. The fourth-order valence-electron chi connectivity index (χ4n) is 3.41. The number of aliphatic hydroxyl groups is 1. The molecule has 0 saturated heterocycles. The van der Waals surface area contributed by atoms with Gasteiger partial charge in [0.05, 0.1) is 6.54 Å². The van der Waals surface area contributed by atoms with Gasteiger partial charge in [0.25, 0.3) is 11.8 Å². The Labute approximate surface area is 204 Å². The van der Waals surface area contributed by atoms with Gasteiger partial charge in [-0.15, -0.1) is 5.10 Å². The van der Waals surface area contributed by atoms with Gasteiger partial charge in [0, 0.05) is 11.1 Å². The summed E-state index contributed by atoms with van der Waals surface area (Å²) in [6.07, 6.45) is -6.30. The quantitative estimate of drug-likeness (QED) is 0.295. The van der Waals surface area contributed by atoms with E-state index in [-0.39, 0.29) is 23.5 Å². The van der Waals surface area contributed by atoms with E-state index in [0.29, 0.717) is 11.4 Å². The van der Waals surface area contributed by atoms with E-state index >= 15 is 0 Å². The zero-order valence-corrected chi connectivity index (χ0v) is 18.5. The predicted octanol–water partition coefficient (Wildman–Crippen LogP) is 2.94. The number of aromatic nitrogens is 7. The summed E-state index contributed by atoms with van der Waals surface area (Å²) in [7, 11) is 0. The highest BCUT2D eigenvalue weighted by Gasteiger charge is 2.43. The molecule has 2 aromatic carbocycles. The third-order valence-corrected chi connectivity index (χ3v) is 5.20. The number of aliphatic hydroxyl groups excluding tert-OH is 1. The number of rotatable bonds is 7. The van der Waals surface area contributed by atoms with Crippen molar-refractivity contribution in [2.45, 2.75) is 18.8 Å². The van der Waals surface area contributed by atoms with Crippen LogP contribution < -0.4 is 5.32 Å². The third-order valence-electron chi connectivity index (χ3n) is 5.20. The summed E-state index contributed by atoms with van der Waals surface area (Å²) in [6.45, 7) is -0.0137. The molecule has 0 aliphatic heterocycles. The molecule has 0 radical (unpaired) electrons. The number of H-pyrrole nitrogens is 1. The number of benzene rings is 2. The Kier molecular flexibility index (Phi) is 6.19. The van der Waals surface area contributed by atoms with Crippen molar-refractivity contribution < 1.29 is 32.1 Å². The maximum Gasteiger partial charge on any atom is 0.422 e. The van der Waals surface area contributed by atoms with Crippen molar-refractivity contribution in [1.29, 1.82) is 0 Å². The van der Waals surface area contributed by atoms with E-state index < -0.39 is 41.1 Å². The number of nitrogens with zero attached hydrogens (tertiary/aromatic N) is 6. The molecule has 1 unspecified atom stereocenters. The Hall–Kier alpha value is -4.92. The number of aromatic amines is 1. The number of hydrogen-bond acceptors (Lipinski definition) is 10. The van der Waals surface area contributed by atoms with Crippen molar-refractivity contribution in [2.24, 2.45) is 0 Å². The predicted molar refractivity (Wildman–Crippen MR) is 117 cm³/mol. The maximum atomic E-state index is 13.9. The number of alkyl halides is 3. The molecule has 0 aliphatic carbocycles. The normalized spacial score (nSPS) is 12.4. The minimum absolute atomic E-state index is 0.0137. The summed E-state index contributed by atoms with van der Waals surface area (Å²) in [6, 6.07) is 13.6. The van der Waals surface area contributed by atoms with Crippen LogP contribution in [0.15, 0.2) is 63.6 Å². The Morgan fingerprint density at radius 1 is 1.03 bits per heavy atom.